The predicted molar refractivity (Wildman–Crippen MR) is 73.5 cm³/mol. The normalized spacial score (nSPS) is 34.0. The third-order valence-corrected chi connectivity index (χ3v) is 4.55. The Balaban J connectivity index is 1.85. The van der Waals surface area contributed by atoms with Gasteiger partial charge in [-0.15, -0.1) is 0 Å². The molecule has 2 amide bonds. The van der Waals surface area contributed by atoms with Crippen molar-refractivity contribution in [2.24, 2.45) is 5.92 Å². The number of piperidine rings is 1. The molecule has 1 heterocycles. The number of carboxylic acid groups (broad SMARTS) is 1. The number of carbonyl (C=O) groups excluding carboxylic acids is 1. The van der Waals surface area contributed by atoms with Crippen molar-refractivity contribution < 1.29 is 19.4 Å². The lowest BCUT2D eigenvalue weighted by Gasteiger charge is -2.39. The standard InChI is InChI=1S/C14H24N2O4/c1-14(20-2)6-3-7-16(9-14)13(19)15-11-5-4-10(8-11)12(17)18/h10-11H,3-9H2,1-2H3,(H,15,19)(H,17,18)/t10-,11+,14?/m1/s1. The molecule has 114 valence electrons. The molecule has 6 nitrogen and oxygen atoms in total. The molecule has 1 saturated heterocycles. The second-order valence-corrected chi connectivity index (χ2v) is 6.17. The number of aliphatic carboxylic acids is 1. The maximum Gasteiger partial charge on any atom is 0.317 e. The van der Waals surface area contributed by atoms with Crippen molar-refractivity contribution >= 4 is 12.0 Å². The lowest BCUT2D eigenvalue weighted by Crippen LogP contribution is -2.53. The fourth-order valence-electron chi connectivity index (χ4n) is 3.15. The van der Waals surface area contributed by atoms with Crippen LogP contribution in [0.2, 0.25) is 0 Å². The highest BCUT2D eigenvalue weighted by Gasteiger charge is 2.35. The third-order valence-electron chi connectivity index (χ3n) is 4.55. The van der Waals surface area contributed by atoms with Crippen molar-refractivity contribution in [3.63, 3.8) is 0 Å². The highest BCUT2D eigenvalue weighted by atomic mass is 16.5. The van der Waals surface area contributed by atoms with Gasteiger partial charge >= 0.3 is 12.0 Å². The first-order chi connectivity index (χ1) is 9.43. The number of methoxy groups -OCH3 is 1. The molecular weight excluding hydrogens is 260 g/mol. The van der Waals surface area contributed by atoms with Gasteiger partial charge in [0.25, 0.3) is 0 Å². The number of nitrogens with one attached hydrogen (secondary N) is 1. The zero-order valence-corrected chi connectivity index (χ0v) is 12.2. The highest BCUT2D eigenvalue weighted by Crippen LogP contribution is 2.27. The van der Waals surface area contributed by atoms with Gasteiger partial charge in [-0.2, -0.15) is 0 Å². The molecule has 0 spiro atoms. The summed E-state index contributed by atoms with van der Waals surface area (Å²) >= 11 is 0. The van der Waals surface area contributed by atoms with Crippen LogP contribution >= 0.6 is 0 Å². The summed E-state index contributed by atoms with van der Waals surface area (Å²) in [4.78, 5) is 24.9. The summed E-state index contributed by atoms with van der Waals surface area (Å²) in [6.45, 7) is 3.34. The van der Waals surface area contributed by atoms with Gasteiger partial charge in [-0.25, -0.2) is 4.79 Å². The van der Waals surface area contributed by atoms with Crippen LogP contribution in [0.15, 0.2) is 0 Å². The second-order valence-electron chi connectivity index (χ2n) is 6.17. The maximum atomic E-state index is 12.2. The quantitative estimate of drug-likeness (QED) is 0.822. The Labute approximate surface area is 119 Å². The molecule has 3 atom stereocenters. The van der Waals surface area contributed by atoms with Crippen LogP contribution in [0.3, 0.4) is 0 Å². The zero-order chi connectivity index (χ0) is 14.8. The lowest BCUT2D eigenvalue weighted by atomic mass is 9.95. The van der Waals surface area contributed by atoms with Crippen LogP contribution in [0.25, 0.3) is 0 Å². The Morgan fingerprint density at radius 3 is 2.75 bits per heavy atom. The molecule has 6 heteroatoms. The van der Waals surface area contributed by atoms with Crippen LogP contribution in [0.5, 0.6) is 0 Å². The van der Waals surface area contributed by atoms with Crippen molar-refractivity contribution in [3.05, 3.63) is 0 Å². The summed E-state index contributed by atoms with van der Waals surface area (Å²) in [6, 6.07) is -0.108. The fourth-order valence-corrected chi connectivity index (χ4v) is 3.15. The van der Waals surface area contributed by atoms with E-state index < -0.39 is 5.97 Å². The minimum absolute atomic E-state index is 0.0145. The Hall–Kier alpha value is -1.30. The molecule has 2 aliphatic rings. The molecule has 1 saturated carbocycles. The number of rotatable bonds is 3. The second kappa shape index (κ2) is 5.99. The first-order valence-electron chi connectivity index (χ1n) is 7.27. The molecular formula is C14H24N2O4. The van der Waals surface area contributed by atoms with Crippen LogP contribution in [0.1, 0.15) is 39.0 Å². The summed E-state index contributed by atoms with van der Waals surface area (Å²) in [6.07, 6.45) is 3.82. The molecule has 2 rings (SSSR count). The van der Waals surface area contributed by atoms with Crippen LogP contribution < -0.4 is 5.32 Å². The lowest BCUT2D eigenvalue weighted by molar-refractivity contribution is -0.141. The molecule has 0 aromatic rings. The van der Waals surface area contributed by atoms with Gasteiger partial charge in [-0.1, -0.05) is 0 Å². The molecule has 0 radical (unpaired) electrons. The molecule has 1 aliphatic heterocycles. The Bertz CT molecular complexity index is 387. The predicted octanol–water partition coefficient (Wildman–Crippen LogP) is 1.45. The van der Waals surface area contributed by atoms with Gasteiger partial charge in [-0.3, -0.25) is 4.79 Å². The number of hydrogen-bond donors (Lipinski definition) is 2. The Morgan fingerprint density at radius 1 is 1.40 bits per heavy atom. The maximum absolute atomic E-state index is 12.2. The number of urea groups is 1. The first kappa shape index (κ1) is 15.1. The average Bonchev–Trinajstić information content (AvgIpc) is 2.87. The number of nitrogens with zero attached hydrogens (tertiary/aromatic N) is 1. The van der Waals surface area contributed by atoms with E-state index in [9.17, 15) is 9.59 Å². The van der Waals surface area contributed by atoms with Gasteiger partial charge in [0.15, 0.2) is 0 Å². The van der Waals surface area contributed by atoms with E-state index in [1.807, 2.05) is 6.92 Å². The van der Waals surface area contributed by atoms with Crippen molar-refractivity contribution in [2.75, 3.05) is 20.2 Å². The van der Waals surface area contributed by atoms with Gasteiger partial charge in [0.2, 0.25) is 0 Å². The summed E-state index contributed by atoms with van der Waals surface area (Å²) in [5.74, 6) is -1.07. The molecule has 2 fully saturated rings. The fraction of sp³-hybridized carbons (Fsp3) is 0.857. The Kier molecular flexibility index (Phi) is 4.52. The summed E-state index contributed by atoms with van der Waals surface area (Å²) in [5.41, 5.74) is -0.269. The van der Waals surface area contributed by atoms with Gasteiger partial charge < -0.3 is 20.1 Å². The van der Waals surface area contributed by atoms with E-state index in [0.29, 0.717) is 19.4 Å². The van der Waals surface area contributed by atoms with Gasteiger partial charge in [0.1, 0.15) is 0 Å². The molecule has 0 aromatic heterocycles. The van der Waals surface area contributed by atoms with E-state index in [1.165, 1.54) is 0 Å². The number of hydrogen-bond acceptors (Lipinski definition) is 3. The van der Waals surface area contributed by atoms with E-state index in [4.69, 9.17) is 9.84 Å². The molecule has 0 bridgehead atoms. The van der Waals surface area contributed by atoms with Crippen molar-refractivity contribution in [3.8, 4) is 0 Å². The van der Waals surface area contributed by atoms with E-state index >= 15 is 0 Å². The molecule has 1 aliphatic carbocycles. The van der Waals surface area contributed by atoms with E-state index in [-0.39, 0.29) is 23.6 Å². The van der Waals surface area contributed by atoms with E-state index in [0.717, 1.165) is 25.8 Å². The van der Waals surface area contributed by atoms with Gasteiger partial charge in [0.05, 0.1) is 18.1 Å². The van der Waals surface area contributed by atoms with Crippen molar-refractivity contribution in [1.82, 2.24) is 10.2 Å². The monoisotopic (exact) mass is 284 g/mol. The summed E-state index contributed by atoms with van der Waals surface area (Å²) in [7, 11) is 1.68. The highest BCUT2D eigenvalue weighted by molar-refractivity contribution is 5.75. The average molecular weight is 284 g/mol. The van der Waals surface area contributed by atoms with Crippen LogP contribution in [-0.2, 0) is 9.53 Å². The first-order valence-corrected chi connectivity index (χ1v) is 7.27. The molecule has 0 aromatic carbocycles. The number of likely N-dealkylation sites (tertiary alicyclic amines) is 1. The van der Waals surface area contributed by atoms with E-state index in [2.05, 4.69) is 5.32 Å². The number of amides is 2. The number of carbonyl (C=O) groups is 2. The van der Waals surface area contributed by atoms with Crippen LogP contribution in [0.4, 0.5) is 4.79 Å². The van der Waals surface area contributed by atoms with Gasteiger partial charge in [0, 0.05) is 19.7 Å². The smallest absolute Gasteiger partial charge is 0.317 e. The summed E-state index contributed by atoms with van der Waals surface area (Å²) in [5, 5.41) is 11.9. The number of carboxylic acids is 1. The minimum atomic E-state index is -0.758. The third kappa shape index (κ3) is 3.42. The molecule has 20 heavy (non-hydrogen) atoms. The van der Waals surface area contributed by atoms with Crippen LogP contribution in [-0.4, -0.2) is 53.8 Å². The minimum Gasteiger partial charge on any atom is -0.481 e. The molecule has 1 unspecified atom stereocenters. The molecule has 2 N–H and O–H groups in total. The van der Waals surface area contributed by atoms with E-state index in [1.54, 1.807) is 12.0 Å². The number of ether oxygens (including phenoxy) is 1. The summed E-state index contributed by atoms with van der Waals surface area (Å²) < 4.78 is 5.48. The topological polar surface area (TPSA) is 78.9 Å². The SMILES string of the molecule is COC1(C)CCCN(C(=O)N[C@H]2CC[C@@H](C(=O)O)C2)C1. The van der Waals surface area contributed by atoms with Crippen LogP contribution in [0, 0.1) is 5.92 Å². The van der Waals surface area contributed by atoms with Crippen molar-refractivity contribution in [2.45, 2.75) is 50.7 Å². The largest absolute Gasteiger partial charge is 0.481 e. The zero-order valence-electron chi connectivity index (χ0n) is 12.2. The Morgan fingerprint density at radius 2 is 2.15 bits per heavy atom. The van der Waals surface area contributed by atoms with Gasteiger partial charge in [-0.05, 0) is 39.0 Å². The van der Waals surface area contributed by atoms with Crippen molar-refractivity contribution in [1.29, 1.82) is 0 Å².